The number of nitrogens with two attached hydrogens (primary N) is 1. The molecule has 0 fully saturated rings. The lowest BCUT2D eigenvalue weighted by atomic mass is 9.98. The number of thiocarbonyl (C=S) groups is 1. The molecule has 0 radical (unpaired) electrons. The van der Waals surface area contributed by atoms with Crippen molar-refractivity contribution in [1.29, 1.82) is 0 Å². The van der Waals surface area contributed by atoms with E-state index in [2.05, 4.69) is 0 Å². The van der Waals surface area contributed by atoms with Gasteiger partial charge in [-0.2, -0.15) is 0 Å². The molecule has 1 aliphatic carbocycles. The highest BCUT2D eigenvalue weighted by Crippen LogP contribution is 2.12. The van der Waals surface area contributed by atoms with Crippen LogP contribution in [0.15, 0.2) is 23.8 Å². The van der Waals surface area contributed by atoms with Gasteiger partial charge in [-0.1, -0.05) is 44.3 Å². The number of ether oxygens (including phenoxy) is 1. The van der Waals surface area contributed by atoms with Gasteiger partial charge >= 0.3 is 5.97 Å². The standard InChI is InChI=1S/C15H23NO3S/c1-10(2)7-12(16)13(17)8-15(18)19-9-11-5-3-4-6-14(11)20/h3-5,10,12-13,17H,6-9,16H2,1-2H3/t12-,13-/m0/s1. The Morgan fingerprint density at radius 2 is 2.25 bits per heavy atom. The van der Waals surface area contributed by atoms with Crippen molar-refractivity contribution in [3.05, 3.63) is 23.8 Å². The smallest absolute Gasteiger partial charge is 0.308 e. The van der Waals surface area contributed by atoms with E-state index in [0.717, 1.165) is 10.4 Å². The number of allylic oxidation sites excluding steroid dienone is 3. The van der Waals surface area contributed by atoms with Crippen LogP contribution in [0.2, 0.25) is 0 Å². The zero-order valence-electron chi connectivity index (χ0n) is 12.0. The van der Waals surface area contributed by atoms with Gasteiger partial charge in [-0.25, -0.2) is 0 Å². The average molecular weight is 297 g/mol. The van der Waals surface area contributed by atoms with Crippen LogP contribution in [0, 0.1) is 5.92 Å². The highest BCUT2D eigenvalue weighted by Gasteiger charge is 2.20. The van der Waals surface area contributed by atoms with Crippen LogP contribution in [-0.4, -0.2) is 34.7 Å². The van der Waals surface area contributed by atoms with Crippen molar-refractivity contribution in [2.75, 3.05) is 6.61 Å². The summed E-state index contributed by atoms with van der Waals surface area (Å²) in [6.07, 6.45) is 6.14. The zero-order chi connectivity index (χ0) is 15.1. The van der Waals surface area contributed by atoms with E-state index in [1.54, 1.807) is 0 Å². The Hall–Kier alpha value is -1.04. The van der Waals surface area contributed by atoms with Crippen LogP contribution in [0.25, 0.3) is 0 Å². The molecule has 0 unspecified atom stereocenters. The molecule has 4 nitrogen and oxygen atoms in total. The fourth-order valence-corrected chi connectivity index (χ4v) is 2.18. The maximum Gasteiger partial charge on any atom is 0.308 e. The quantitative estimate of drug-likeness (QED) is 0.555. The topological polar surface area (TPSA) is 72.5 Å². The first-order valence-electron chi connectivity index (χ1n) is 6.88. The molecule has 0 saturated carbocycles. The Bertz CT molecular complexity index is 415. The molecular weight excluding hydrogens is 274 g/mol. The van der Waals surface area contributed by atoms with Gasteiger partial charge in [0.25, 0.3) is 0 Å². The summed E-state index contributed by atoms with van der Waals surface area (Å²) in [5.41, 5.74) is 6.67. The lowest BCUT2D eigenvalue weighted by Gasteiger charge is -2.20. The van der Waals surface area contributed by atoms with Crippen LogP contribution >= 0.6 is 12.2 Å². The highest BCUT2D eigenvalue weighted by atomic mass is 32.1. The van der Waals surface area contributed by atoms with Crippen molar-refractivity contribution < 1.29 is 14.6 Å². The number of carbonyl (C=O) groups is 1. The number of rotatable bonds is 7. The van der Waals surface area contributed by atoms with Crippen LogP contribution in [0.4, 0.5) is 0 Å². The lowest BCUT2D eigenvalue weighted by molar-refractivity contribution is -0.145. The fraction of sp³-hybridized carbons (Fsp3) is 0.600. The first kappa shape index (κ1) is 17.0. The highest BCUT2D eigenvalue weighted by molar-refractivity contribution is 7.80. The van der Waals surface area contributed by atoms with Gasteiger partial charge < -0.3 is 15.6 Å². The van der Waals surface area contributed by atoms with Crippen molar-refractivity contribution in [2.24, 2.45) is 11.7 Å². The monoisotopic (exact) mass is 297 g/mol. The third kappa shape index (κ3) is 5.94. The predicted octanol–water partition coefficient (Wildman–Crippen LogP) is 1.91. The van der Waals surface area contributed by atoms with Gasteiger partial charge in [0.1, 0.15) is 6.61 Å². The molecule has 5 heteroatoms. The van der Waals surface area contributed by atoms with E-state index < -0.39 is 18.1 Å². The van der Waals surface area contributed by atoms with E-state index >= 15 is 0 Å². The van der Waals surface area contributed by atoms with Gasteiger partial charge in [-0.15, -0.1) is 0 Å². The summed E-state index contributed by atoms with van der Waals surface area (Å²) < 4.78 is 5.13. The maximum absolute atomic E-state index is 11.7. The first-order valence-corrected chi connectivity index (χ1v) is 7.29. The zero-order valence-corrected chi connectivity index (χ0v) is 12.9. The molecule has 2 atom stereocenters. The minimum absolute atomic E-state index is 0.0796. The van der Waals surface area contributed by atoms with Crippen molar-refractivity contribution in [2.45, 2.75) is 45.3 Å². The summed E-state index contributed by atoms with van der Waals surface area (Å²) in [7, 11) is 0. The van der Waals surface area contributed by atoms with E-state index in [4.69, 9.17) is 22.7 Å². The van der Waals surface area contributed by atoms with Crippen molar-refractivity contribution in [3.63, 3.8) is 0 Å². The van der Waals surface area contributed by atoms with Crippen molar-refractivity contribution >= 4 is 23.1 Å². The van der Waals surface area contributed by atoms with Gasteiger partial charge in [0.05, 0.1) is 12.5 Å². The molecule has 1 aliphatic rings. The number of hydrogen-bond acceptors (Lipinski definition) is 5. The van der Waals surface area contributed by atoms with E-state index in [1.165, 1.54) is 0 Å². The molecule has 0 saturated heterocycles. The lowest BCUT2D eigenvalue weighted by Crippen LogP contribution is -2.37. The third-order valence-corrected chi connectivity index (χ3v) is 3.53. The molecule has 1 rings (SSSR count). The Morgan fingerprint density at radius 1 is 1.55 bits per heavy atom. The van der Waals surface area contributed by atoms with Crippen LogP contribution < -0.4 is 5.73 Å². The molecule has 0 spiro atoms. The molecule has 0 aromatic rings. The molecule has 112 valence electrons. The summed E-state index contributed by atoms with van der Waals surface area (Å²) in [5.74, 6) is -0.0674. The van der Waals surface area contributed by atoms with Gasteiger partial charge in [-0.3, -0.25) is 4.79 Å². The van der Waals surface area contributed by atoms with Crippen molar-refractivity contribution in [3.8, 4) is 0 Å². The number of hydrogen-bond donors (Lipinski definition) is 2. The normalized spacial score (nSPS) is 17.9. The van der Waals surface area contributed by atoms with E-state index in [1.807, 2.05) is 32.1 Å². The van der Waals surface area contributed by atoms with Crippen LogP contribution in [0.5, 0.6) is 0 Å². The minimum atomic E-state index is -0.864. The number of esters is 1. The van der Waals surface area contributed by atoms with E-state index in [0.29, 0.717) is 18.8 Å². The molecule has 0 heterocycles. The molecule has 0 bridgehead atoms. The second kappa shape index (κ2) is 8.29. The maximum atomic E-state index is 11.7. The summed E-state index contributed by atoms with van der Waals surface area (Å²) in [6.45, 7) is 4.21. The number of carbonyl (C=O) groups excluding carboxylic acids is 1. The largest absolute Gasteiger partial charge is 0.461 e. The number of aliphatic hydroxyl groups is 1. The third-order valence-electron chi connectivity index (χ3n) is 3.10. The Balaban J connectivity index is 2.34. The minimum Gasteiger partial charge on any atom is -0.461 e. The first-order chi connectivity index (χ1) is 9.40. The van der Waals surface area contributed by atoms with E-state index in [-0.39, 0.29) is 13.0 Å². The van der Waals surface area contributed by atoms with E-state index in [9.17, 15) is 9.90 Å². The molecule has 0 aliphatic heterocycles. The number of aliphatic hydroxyl groups excluding tert-OH is 1. The van der Waals surface area contributed by atoms with Gasteiger partial charge in [-0.05, 0) is 12.3 Å². The molecule has 3 N–H and O–H groups in total. The summed E-state index contributed by atoms with van der Waals surface area (Å²) in [4.78, 5) is 12.5. The average Bonchev–Trinajstić information content (AvgIpc) is 2.37. The summed E-state index contributed by atoms with van der Waals surface area (Å²) in [6, 6.07) is -0.402. The predicted molar refractivity (Wildman–Crippen MR) is 83.5 cm³/mol. The molecule has 0 aromatic heterocycles. The second-order valence-corrected chi connectivity index (χ2v) is 5.97. The fourth-order valence-electron chi connectivity index (χ4n) is 1.95. The summed E-state index contributed by atoms with van der Waals surface area (Å²) in [5, 5.41) is 9.85. The Labute approximate surface area is 125 Å². The van der Waals surface area contributed by atoms with Crippen LogP contribution in [0.1, 0.15) is 33.1 Å². The van der Waals surface area contributed by atoms with Crippen LogP contribution in [-0.2, 0) is 9.53 Å². The molecular formula is C15H23NO3S. The molecule has 0 aromatic carbocycles. The van der Waals surface area contributed by atoms with Gasteiger partial charge in [0.15, 0.2) is 0 Å². The van der Waals surface area contributed by atoms with Crippen LogP contribution in [0.3, 0.4) is 0 Å². The van der Waals surface area contributed by atoms with Crippen molar-refractivity contribution in [1.82, 2.24) is 0 Å². The SMILES string of the molecule is CC(C)C[C@H](N)[C@@H](O)CC(=O)OCC1=CC=CCC1=S. The van der Waals surface area contributed by atoms with Gasteiger partial charge in [0, 0.05) is 22.9 Å². The Morgan fingerprint density at radius 3 is 2.85 bits per heavy atom. The molecule has 20 heavy (non-hydrogen) atoms. The van der Waals surface area contributed by atoms with Gasteiger partial charge in [0.2, 0.25) is 0 Å². The Kier molecular flexibility index (Phi) is 7.05. The summed E-state index contributed by atoms with van der Waals surface area (Å²) >= 11 is 5.18. The molecule has 0 amide bonds. The second-order valence-electron chi connectivity index (χ2n) is 5.47.